The fourth-order valence-electron chi connectivity index (χ4n) is 5.94. The van der Waals surface area contributed by atoms with Crippen LogP contribution >= 0.6 is 0 Å². The Hall–Kier alpha value is -5.17. The van der Waals surface area contributed by atoms with Gasteiger partial charge in [0.25, 0.3) is 0 Å². The van der Waals surface area contributed by atoms with Crippen LogP contribution in [0.4, 0.5) is 20.2 Å². The molecule has 5 rings (SSSR count). The number of imide groups is 1. The van der Waals surface area contributed by atoms with E-state index in [0.717, 1.165) is 31.2 Å². The van der Waals surface area contributed by atoms with Crippen LogP contribution in [0.1, 0.15) is 73.3 Å². The van der Waals surface area contributed by atoms with Crippen molar-refractivity contribution in [1.82, 2.24) is 25.2 Å². The molecule has 1 saturated carbocycles. The maximum absolute atomic E-state index is 13.3. The van der Waals surface area contributed by atoms with E-state index in [9.17, 15) is 19.5 Å². The van der Waals surface area contributed by atoms with E-state index in [1.807, 2.05) is 81.6 Å². The van der Waals surface area contributed by atoms with Crippen LogP contribution in [0, 0.1) is 0 Å². The summed E-state index contributed by atoms with van der Waals surface area (Å²) in [7, 11) is 0. The van der Waals surface area contributed by atoms with Gasteiger partial charge in [0.05, 0.1) is 5.39 Å². The molecule has 0 aliphatic heterocycles. The lowest BCUT2D eigenvalue weighted by molar-refractivity contribution is 0.0524. The van der Waals surface area contributed by atoms with E-state index < -0.39 is 29.5 Å². The lowest BCUT2D eigenvalue weighted by atomic mass is 9.91. The second kappa shape index (κ2) is 15.2. The Bertz CT molecular complexity index is 1790. The summed E-state index contributed by atoms with van der Waals surface area (Å²) in [5.74, 6) is 1.25. The maximum atomic E-state index is 13.3. The van der Waals surface area contributed by atoms with Gasteiger partial charge in [0, 0.05) is 36.9 Å². The lowest BCUT2D eigenvalue weighted by Crippen LogP contribution is -2.41. The van der Waals surface area contributed by atoms with Crippen molar-refractivity contribution in [2.24, 2.45) is 0 Å². The molecule has 1 aliphatic rings. The van der Waals surface area contributed by atoms with Crippen LogP contribution in [-0.4, -0.2) is 68.3 Å². The Balaban J connectivity index is 1.41. The first-order valence-corrected chi connectivity index (χ1v) is 16.8. The van der Waals surface area contributed by atoms with Gasteiger partial charge in [0.15, 0.2) is 5.82 Å². The number of benzene rings is 2. The summed E-state index contributed by atoms with van der Waals surface area (Å²) in [5.41, 5.74) is 0.477. The number of alkyl carbamates (subject to hydrolysis) is 1. The minimum absolute atomic E-state index is 0.0624. The number of rotatable bonds is 9. The number of nitrogens with one attached hydrogen (secondary N) is 2. The third-order valence-electron chi connectivity index (χ3n) is 8.03. The van der Waals surface area contributed by atoms with Crippen LogP contribution in [0.5, 0.6) is 11.5 Å². The predicted molar refractivity (Wildman–Crippen MR) is 190 cm³/mol. The lowest BCUT2D eigenvalue weighted by Gasteiger charge is -2.30. The molecule has 13 heteroatoms. The van der Waals surface area contributed by atoms with E-state index in [4.69, 9.17) is 14.2 Å². The summed E-state index contributed by atoms with van der Waals surface area (Å²) < 4.78 is 18.8. The summed E-state index contributed by atoms with van der Waals surface area (Å²) in [6, 6.07) is 17.2. The zero-order valence-electron chi connectivity index (χ0n) is 29.4. The molecule has 1 fully saturated rings. The highest BCUT2D eigenvalue weighted by Gasteiger charge is 2.34. The van der Waals surface area contributed by atoms with Crippen molar-refractivity contribution in [2.75, 3.05) is 18.0 Å². The number of carboxylic acid groups (broad SMARTS) is 1. The molecule has 266 valence electrons. The highest BCUT2D eigenvalue weighted by molar-refractivity contribution is 6.15. The highest BCUT2D eigenvalue weighted by atomic mass is 16.6. The molecule has 3 amide bonds. The van der Waals surface area contributed by atoms with Gasteiger partial charge in [0.1, 0.15) is 34.7 Å². The van der Waals surface area contributed by atoms with Gasteiger partial charge < -0.3 is 34.5 Å². The van der Waals surface area contributed by atoms with Gasteiger partial charge in [-0.2, -0.15) is 4.90 Å². The second-order valence-corrected chi connectivity index (χ2v) is 14.3. The molecule has 2 aromatic heterocycles. The minimum Gasteiger partial charge on any atom is -0.464 e. The van der Waals surface area contributed by atoms with Crippen LogP contribution in [0.15, 0.2) is 67.1 Å². The van der Waals surface area contributed by atoms with Gasteiger partial charge in [-0.3, -0.25) is 0 Å². The number of amides is 3. The van der Waals surface area contributed by atoms with E-state index in [1.54, 1.807) is 20.8 Å². The zero-order chi connectivity index (χ0) is 36.1. The van der Waals surface area contributed by atoms with Gasteiger partial charge >= 0.3 is 18.3 Å². The van der Waals surface area contributed by atoms with Gasteiger partial charge in [-0.05, 0) is 97.1 Å². The summed E-state index contributed by atoms with van der Waals surface area (Å²) in [4.78, 5) is 47.3. The predicted octanol–water partition coefficient (Wildman–Crippen LogP) is 7.91. The number of ether oxygens (including phenoxy) is 3. The van der Waals surface area contributed by atoms with Crippen molar-refractivity contribution in [2.45, 2.75) is 90.5 Å². The molecule has 1 aliphatic carbocycles. The summed E-state index contributed by atoms with van der Waals surface area (Å²) in [6.45, 7) is 11.6. The molecule has 50 heavy (non-hydrogen) atoms. The van der Waals surface area contributed by atoms with Crippen LogP contribution < -0.4 is 20.3 Å². The summed E-state index contributed by atoms with van der Waals surface area (Å²) >= 11 is 0. The molecule has 4 aromatic rings. The molecule has 2 aromatic carbocycles. The minimum atomic E-state index is -1.52. The van der Waals surface area contributed by atoms with E-state index in [2.05, 4.69) is 25.2 Å². The van der Waals surface area contributed by atoms with Crippen LogP contribution in [0.2, 0.25) is 0 Å². The SMILES string of the molecule is CC(C)(C)OC(=O)NCCNC1CCC(n2cc(-c3ccc(Oc4ccccc4)cc3)c3c(N(C(=O)O)C(=O)OC(C)(C)C)ncnc32)CC1. The molecule has 2 heterocycles. The van der Waals surface area contributed by atoms with Crippen LogP contribution in [-0.2, 0) is 9.47 Å². The van der Waals surface area contributed by atoms with Crippen molar-refractivity contribution in [1.29, 1.82) is 0 Å². The van der Waals surface area contributed by atoms with Crippen LogP contribution in [0.3, 0.4) is 0 Å². The van der Waals surface area contributed by atoms with E-state index in [0.29, 0.717) is 46.1 Å². The Morgan fingerprint density at radius 3 is 2.12 bits per heavy atom. The van der Waals surface area contributed by atoms with Crippen molar-refractivity contribution in [3.05, 3.63) is 67.1 Å². The van der Waals surface area contributed by atoms with Crippen molar-refractivity contribution in [3.8, 4) is 22.6 Å². The van der Waals surface area contributed by atoms with Crippen molar-refractivity contribution >= 4 is 35.1 Å². The fraction of sp³-hybridized carbons (Fsp3) is 0.432. The standard InChI is InChI=1S/C37H46N6O7/c1-36(2,3)49-33(44)39-21-20-38-25-14-16-26(17-15-25)42-22-29(24-12-18-28(19-13-24)48-27-10-8-7-9-11-27)30-31(42)40-23-41-32(30)43(34(45)46)35(47)50-37(4,5)6/h7-13,18-19,22-23,25-26,38H,14-17,20-21H2,1-6H3,(H,39,44)(H,45,46). The maximum Gasteiger partial charge on any atom is 0.425 e. The number of anilines is 1. The van der Waals surface area contributed by atoms with E-state index in [-0.39, 0.29) is 17.9 Å². The molecule has 0 radical (unpaired) electrons. The number of para-hydroxylation sites is 1. The number of aromatic nitrogens is 3. The molecular weight excluding hydrogens is 640 g/mol. The van der Waals surface area contributed by atoms with Gasteiger partial charge in [-0.1, -0.05) is 30.3 Å². The Morgan fingerprint density at radius 1 is 0.860 bits per heavy atom. The Morgan fingerprint density at radius 2 is 1.50 bits per heavy atom. The normalized spacial score (nSPS) is 16.4. The number of carbonyl (C=O) groups is 3. The smallest absolute Gasteiger partial charge is 0.425 e. The first-order chi connectivity index (χ1) is 23.7. The molecule has 13 nitrogen and oxygen atoms in total. The zero-order valence-corrected chi connectivity index (χ0v) is 29.4. The molecule has 0 spiro atoms. The summed E-state index contributed by atoms with van der Waals surface area (Å²) in [6.07, 6.45) is 3.67. The number of hydrogen-bond donors (Lipinski definition) is 3. The van der Waals surface area contributed by atoms with E-state index in [1.165, 1.54) is 6.33 Å². The number of hydrogen-bond acceptors (Lipinski definition) is 9. The van der Waals surface area contributed by atoms with E-state index >= 15 is 0 Å². The van der Waals surface area contributed by atoms with Crippen molar-refractivity contribution in [3.63, 3.8) is 0 Å². The Labute approximate surface area is 291 Å². The third kappa shape index (κ3) is 9.29. The number of fused-ring (bicyclic) bond motifs is 1. The van der Waals surface area contributed by atoms with Crippen LogP contribution in [0.25, 0.3) is 22.2 Å². The molecule has 0 saturated heterocycles. The monoisotopic (exact) mass is 686 g/mol. The van der Waals surface area contributed by atoms with Gasteiger partial charge in [-0.15, -0.1) is 0 Å². The quantitative estimate of drug-likeness (QED) is 0.148. The molecule has 3 N–H and O–H groups in total. The van der Waals surface area contributed by atoms with Gasteiger partial charge in [-0.25, -0.2) is 24.4 Å². The second-order valence-electron chi connectivity index (χ2n) is 14.3. The molecule has 0 atom stereocenters. The highest BCUT2D eigenvalue weighted by Crippen LogP contribution is 2.40. The fourth-order valence-corrected chi connectivity index (χ4v) is 5.94. The van der Waals surface area contributed by atoms with Gasteiger partial charge in [0.2, 0.25) is 0 Å². The number of carbonyl (C=O) groups excluding carboxylic acids is 2. The average molecular weight is 687 g/mol. The molecule has 0 bridgehead atoms. The summed E-state index contributed by atoms with van der Waals surface area (Å²) in [5, 5.41) is 17.0. The average Bonchev–Trinajstić information content (AvgIpc) is 3.43. The first-order valence-electron chi connectivity index (χ1n) is 16.8. The van der Waals surface area contributed by atoms with Crippen molar-refractivity contribution < 1.29 is 33.7 Å². The topological polar surface area (TPSA) is 157 Å². The third-order valence-corrected chi connectivity index (χ3v) is 8.03. The Kier molecular flexibility index (Phi) is 11.0. The molecular formula is C37H46N6O7. The largest absolute Gasteiger partial charge is 0.464 e. The number of nitrogens with zero attached hydrogens (tertiary/aromatic N) is 4. The first kappa shape index (κ1) is 36.1. The molecule has 0 unspecified atom stereocenters.